The lowest BCUT2D eigenvalue weighted by Gasteiger charge is -2.32. The number of hydrogen-bond donors (Lipinski definition) is 1. The van der Waals surface area contributed by atoms with Gasteiger partial charge in [-0.15, -0.1) is 0 Å². The molecule has 0 aliphatic carbocycles. The Morgan fingerprint density at radius 1 is 1.22 bits per heavy atom. The number of carbonyl (C=O) groups is 3. The predicted molar refractivity (Wildman–Crippen MR) is 71.0 cm³/mol. The Morgan fingerprint density at radius 2 is 1.74 bits per heavy atom. The first-order chi connectivity index (χ1) is 10.5. The molecule has 1 rings (SSSR count). The number of carbonyl (C=O) groups excluding carboxylic acids is 3. The van der Waals surface area contributed by atoms with Crippen LogP contribution in [0.4, 0.5) is 18.0 Å². The third-order valence-electron chi connectivity index (χ3n) is 3.34. The van der Waals surface area contributed by atoms with Crippen LogP contribution in [0.5, 0.6) is 0 Å². The zero-order valence-corrected chi connectivity index (χ0v) is 13.0. The largest absolute Gasteiger partial charge is 0.462 e. The van der Waals surface area contributed by atoms with Crippen molar-refractivity contribution in [3.05, 3.63) is 11.3 Å². The number of likely N-dealkylation sites (N-methyl/N-ethyl adjacent to an activating group) is 1. The average Bonchev–Trinajstić information content (AvgIpc) is 2.61. The lowest BCUT2D eigenvalue weighted by Crippen LogP contribution is -2.66. The van der Waals surface area contributed by atoms with Crippen molar-refractivity contribution in [1.82, 2.24) is 10.2 Å². The third-order valence-corrected chi connectivity index (χ3v) is 3.34. The predicted octanol–water partition coefficient (Wildman–Crippen LogP) is 1.34. The molecule has 0 saturated heterocycles. The molecule has 23 heavy (non-hydrogen) atoms. The Bertz CT molecular complexity index is 558. The van der Waals surface area contributed by atoms with Crippen molar-refractivity contribution in [3.8, 4) is 0 Å². The van der Waals surface area contributed by atoms with Gasteiger partial charge < -0.3 is 14.4 Å². The van der Waals surface area contributed by atoms with Crippen LogP contribution < -0.4 is 5.32 Å². The van der Waals surface area contributed by atoms with Crippen LogP contribution in [-0.2, 0) is 19.1 Å². The first-order valence-corrected chi connectivity index (χ1v) is 6.72. The number of ether oxygens (including phenoxy) is 2. The molecule has 10 heteroatoms. The summed E-state index contributed by atoms with van der Waals surface area (Å²) < 4.78 is 50.2. The molecule has 1 unspecified atom stereocenters. The number of alkyl halides is 3. The molecule has 0 aromatic carbocycles. The second-order valence-electron chi connectivity index (χ2n) is 4.64. The van der Waals surface area contributed by atoms with Gasteiger partial charge in [0.05, 0.1) is 13.2 Å². The molecule has 0 aromatic heterocycles. The first kappa shape index (κ1) is 18.8. The Balaban J connectivity index is 3.54. The molecule has 0 radical (unpaired) electrons. The van der Waals surface area contributed by atoms with Gasteiger partial charge in [-0.1, -0.05) is 0 Å². The number of rotatable bonds is 4. The van der Waals surface area contributed by atoms with Gasteiger partial charge in [-0.25, -0.2) is 9.59 Å². The Morgan fingerprint density at radius 3 is 2.17 bits per heavy atom. The number of nitrogens with zero attached hydrogens (tertiary/aromatic N) is 1. The highest BCUT2D eigenvalue weighted by molar-refractivity contribution is 6.09. The number of allylic oxidation sites excluding steroid dienone is 1. The molecule has 0 bridgehead atoms. The van der Waals surface area contributed by atoms with E-state index in [4.69, 9.17) is 0 Å². The van der Waals surface area contributed by atoms with Crippen molar-refractivity contribution < 1.29 is 37.0 Å². The van der Waals surface area contributed by atoms with Crippen LogP contribution in [0, 0.1) is 0 Å². The fraction of sp³-hybridized carbons (Fsp3) is 0.615. The average molecular weight is 338 g/mol. The minimum absolute atomic E-state index is 0.194. The maximum Gasteiger partial charge on any atom is 0.425 e. The molecule has 0 saturated carbocycles. The molecule has 2 amide bonds. The van der Waals surface area contributed by atoms with E-state index in [0.717, 1.165) is 14.0 Å². The summed E-state index contributed by atoms with van der Waals surface area (Å²) in [4.78, 5) is 36.4. The summed E-state index contributed by atoms with van der Waals surface area (Å²) in [7, 11) is 1.07. The van der Waals surface area contributed by atoms with E-state index in [1.165, 1.54) is 19.2 Å². The third kappa shape index (κ3) is 2.97. The van der Waals surface area contributed by atoms with Crippen molar-refractivity contribution in [2.24, 2.45) is 0 Å². The Hall–Kier alpha value is -2.26. The molecule has 1 aliphatic heterocycles. The summed E-state index contributed by atoms with van der Waals surface area (Å²) in [6.45, 7) is 3.55. The quantitative estimate of drug-likeness (QED) is 0.782. The van der Waals surface area contributed by atoms with Crippen LogP contribution in [0.3, 0.4) is 0 Å². The van der Waals surface area contributed by atoms with Crippen molar-refractivity contribution >= 4 is 18.0 Å². The SMILES string of the molecule is CCOC(=O)NC1(C(F)(F)F)C(=O)N(C)C(C)=C1C(=O)OCC. The summed E-state index contributed by atoms with van der Waals surface area (Å²) in [5, 5.41) is 1.50. The number of hydrogen-bond acceptors (Lipinski definition) is 5. The van der Waals surface area contributed by atoms with Gasteiger partial charge in [-0.05, 0) is 20.8 Å². The van der Waals surface area contributed by atoms with Crippen LogP contribution >= 0.6 is 0 Å². The maximum atomic E-state index is 13.7. The minimum atomic E-state index is -5.27. The van der Waals surface area contributed by atoms with Crippen molar-refractivity contribution in [2.45, 2.75) is 32.5 Å². The second kappa shape index (κ2) is 6.47. The summed E-state index contributed by atoms with van der Waals surface area (Å²) in [6.07, 6.45) is -6.74. The van der Waals surface area contributed by atoms with Crippen LogP contribution in [-0.4, -0.2) is 54.8 Å². The molecule has 7 nitrogen and oxygen atoms in total. The number of nitrogens with one attached hydrogen (secondary N) is 1. The number of esters is 1. The van der Waals surface area contributed by atoms with E-state index in [0.29, 0.717) is 4.90 Å². The smallest absolute Gasteiger partial charge is 0.425 e. The first-order valence-electron chi connectivity index (χ1n) is 6.72. The zero-order valence-electron chi connectivity index (χ0n) is 13.0. The summed E-state index contributed by atoms with van der Waals surface area (Å²) in [5.41, 5.74) is -4.78. The van der Waals surface area contributed by atoms with Gasteiger partial charge in [0.1, 0.15) is 5.57 Å². The summed E-state index contributed by atoms with van der Waals surface area (Å²) in [6, 6.07) is 0. The maximum absolute atomic E-state index is 13.7. The molecule has 1 atom stereocenters. The molecular weight excluding hydrogens is 321 g/mol. The van der Waals surface area contributed by atoms with Gasteiger partial charge in [0.2, 0.25) is 0 Å². The van der Waals surface area contributed by atoms with Gasteiger partial charge in [-0.3, -0.25) is 10.1 Å². The van der Waals surface area contributed by atoms with Crippen molar-refractivity contribution in [1.29, 1.82) is 0 Å². The molecule has 1 aliphatic rings. The van der Waals surface area contributed by atoms with Gasteiger partial charge in [0.25, 0.3) is 11.4 Å². The van der Waals surface area contributed by atoms with E-state index in [-0.39, 0.29) is 18.9 Å². The molecule has 1 heterocycles. The summed E-state index contributed by atoms with van der Waals surface area (Å²) >= 11 is 0. The second-order valence-corrected chi connectivity index (χ2v) is 4.64. The van der Waals surface area contributed by atoms with Crippen LogP contribution in [0.15, 0.2) is 11.3 Å². The topological polar surface area (TPSA) is 84.9 Å². The number of halogens is 3. The fourth-order valence-corrected chi connectivity index (χ4v) is 2.22. The molecule has 0 aromatic rings. The van der Waals surface area contributed by atoms with E-state index < -0.39 is 35.3 Å². The van der Waals surface area contributed by atoms with Gasteiger partial charge >= 0.3 is 18.2 Å². The lowest BCUT2D eigenvalue weighted by molar-refractivity contribution is -0.192. The van der Waals surface area contributed by atoms with Crippen LogP contribution in [0.25, 0.3) is 0 Å². The molecule has 1 N–H and O–H groups in total. The monoisotopic (exact) mass is 338 g/mol. The van der Waals surface area contributed by atoms with Crippen LogP contribution in [0.2, 0.25) is 0 Å². The van der Waals surface area contributed by atoms with Crippen LogP contribution in [0.1, 0.15) is 20.8 Å². The number of alkyl carbamates (subject to hydrolysis) is 1. The highest BCUT2D eigenvalue weighted by Crippen LogP contribution is 2.44. The van der Waals surface area contributed by atoms with E-state index in [1.807, 2.05) is 0 Å². The highest BCUT2D eigenvalue weighted by atomic mass is 19.4. The minimum Gasteiger partial charge on any atom is -0.462 e. The Labute approximate surface area is 130 Å². The zero-order chi connectivity index (χ0) is 18.0. The standard InChI is InChI=1S/C13H17F3N2O5/c1-5-22-9(19)8-7(3)18(4)10(20)12(8,13(14,15)16)17-11(21)23-6-2/h5-6H2,1-4H3,(H,17,21). The van der Waals surface area contributed by atoms with E-state index in [9.17, 15) is 27.6 Å². The molecular formula is C13H17F3N2O5. The Kier molecular flexibility index (Phi) is 5.28. The highest BCUT2D eigenvalue weighted by Gasteiger charge is 2.70. The number of amides is 2. The van der Waals surface area contributed by atoms with E-state index in [2.05, 4.69) is 9.47 Å². The fourth-order valence-electron chi connectivity index (χ4n) is 2.22. The van der Waals surface area contributed by atoms with Gasteiger partial charge in [-0.2, -0.15) is 13.2 Å². The normalized spacial score (nSPS) is 21.5. The lowest BCUT2D eigenvalue weighted by atomic mass is 9.89. The summed E-state index contributed by atoms with van der Waals surface area (Å²) in [5.74, 6) is -2.85. The van der Waals surface area contributed by atoms with E-state index in [1.54, 1.807) is 0 Å². The van der Waals surface area contributed by atoms with E-state index >= 15 is 0 Å². The molecule has 0 spiro atoms. The van der Waals surface area contributed by atoms with Gasteiger partial charge in [0.15, 0.2) is 0 Å². The molecule has 130 valence electrons. The van der Waals surface area contributed by atoms with Gasteiger partial charge in [0, 0.05) is 12.7 Å². The molecule has 0 fully saturated rings. The van der Waals surface area contributed by atoms with Crippen molar-refractivity contribution in [3.63, 3.8) is 0 Å². The van der Waals surface area contributed by atoms with Crippen molar-refractivity contribution in [2.75, 3.05) is 20.3 Å².